The van der Waals surface area contributed by atoms with Gasteiger partial charge in [-0.3, -0.25) is 0 Å². The Morgan fingerprint density at radius 1 is 1.13 bits per heavy atom. The van der Waals surface area contributed by atoms with Crippen molar-refractivity contribution in [2.24, 2.45) is 0 Å². The van der Waals surface area contributed by atoms with E-state index in [1.54, 1.807) is 6.07 Å². The summed E-state index contributed by atoms with van der Waals surface area (Å²) < 4.78 is 4.94. The molecule has 82 valence electrons. The minimum Gasteiger partial charge on any atom is -0.512 e. The summed E-state index contributed by atoms with van der Waals surface area (Å²) in [4.78, 5) is 0. The Bertz CT molecular complexity index is 337. The Labute approximate surface area is 90.9 Å². The SMILES string of the molecule is CCc1c(C)ccc(OB(O)O)c1CC. The van der Waals surface area contributed by atoms with Crippen LogP contribution in [0.4, 0.5) is 0 Å². The van der Waals surface area contributed by atoms with E-state index in [0.717, 1.165) is 18.4 Å². The molecule has 0 aliphatic heterocycles. The van der Waals surface area contributed by atoms with E-state index in [-0.39, 0.29) is 0 Å². The van der Waals surface area contributed by atoms with Crippen LogP contribution in [0.3, 0.4) is 0 Å². The van der Waals surface area contributed by atoms with Crippen LogP contribution >= 0.6 is 0 Å². The van der Waals surface area contributed by atoms with Crippen LogP contribution in [0.5, 0.6) is 5.75 Å². The molecule has 1 rings (SSSR count). The molecule has 15 heavy (non-hydrogen) atoms. The van der Waals surface area contributed by atoms with Gasteiger partial charge in [0.05, 0.1) is 0 Å². The van der Waals surface area contributed by atoms with Gasteiger partial charge in [-0.25, -0.2) is 0 Å². The second kappa shape index (κ2) is 5.19. The maximum atomic E-state index is 8.79. The van der Waals surface area contributed by atoms with Gasteiger partial charge < -0.3 is 14.7 Å². The van der Waals surface area contributed by atoms with E-state index in [4.69, 9.17) is 14.7 Å². The fourth-order valence-corrected chi connectivity index (χ4v) is 1.89. The molecule has 1 aromatic carbocycles. The summed E-state index contributed by atoms with van der Waals surface area (Å²) in [5.41, 5.74) is 3.51. The van der Waals surface area contributed by atoms with Gasteiger partial charge >= 0.3 is 7.32 Å². The average Bonchev–Trinajstić information content (AvgIpc) is 2.19. The van der Waals surface area contributed by atoms with E-state index in [1.807, 2.05) is 13.0 Å². The fourth-order valence-electron chi connectivity index (χ4n) is 1.89. The summed E-state index contributed by atoms with van der Waals surface area (Å²) in [6.07, 6.45) is 1.75. The van der Waals surface area contributed by atoms with Gasteiger partial charge in [-0.1, -0.05) is 19.9 Å². The number of hydrogen-bond donors (Lipinski definition) is 2. The van der Waals surface area contributed by atoms with Crippen molar-refractivity contribution in [2.75, 3.05) is 0 Å². The van der Waals surface area contributed by atoms with Gasteiger partial charge in [0.15, 0.2) is 0 Å². The molecule has 0 aliphatic carbocycles. The zero-order valence-corrected chi connectivity index (χ0v) is 9.45. The van der Waals surface area contributed by atoms with Crippen molar-refractivity contribution >= 4 is 7.32 Å². The lowest BCUT2D eigenvalue weighted by atomic mass is 9.96. The van der Waals surface area contributed by atoms with Gasteiger partial charge in [0.1, 0.15) is 5.75 Å². The normalized spacial score (nSPS) is 10.2. The van der Waals surface area contributed by atoms with Crippen LogP contribution in [-0.4, -0.2) is 17.4 Å². The minimum atomic E-state index is -1.75. The highest BCUT2D eigenvalue weighted by Crippen LogP contribution is 2.26. The monoisotopic (exact) mass is 208 g/mol. The van der Waals surface area contributed by atoms with Crippen molar-refractivity contribution in [3.63, 3.8) is 0 Å². The Balaban J connectivity index is 3.16. The summed E-state index contributed by atoms with van der Waals surface area (Å²) in [6.45, 7) is 6.17. The maximum Gasteiger partial charge on any atom is 0.707 e. The quantitative estimate of drug-likeness (QED) is 0.736. The van der Waals surface area contributed by atoms with E-state index >= 15 is 0 Å². The molecule has 0 atom stereocenters. The Hall–Kier alpha value is -0.995. The zero-order chi connectivity index (χ0) is 11.4. The predicted molar refractivity (Wildman–Crippen MR) is 60.8 cm³/mol. The highest BCUT2D eigenvalue weighted by molar-refractivity contribution is 6.33. The van der Waals surface area contributed by atoms with Crippen molar-refractivity contribution in [1.82, 2.24) is 0 Å². The van der Waals surface area contributed by atoms with Gasteiger partial charge in [-0.15, -0.1) is 0 Å². The average molecular weight is 208 g/mol. The molecule has 0 saturated carbocycles. The smallest absolute Gasteiger partial charge is 0.512 e. The molecule has 0 unspecified atom stereocenters. The summed E-state index contributed by atoms with van der Waals surface area (Å²) in [5, 5.41) is 17.6. The molecular formula is C11H17BO3. The van der Waals surface area contributed by atoms with Crippen molar-refractivity contribution < 1.29 is 14.7 Å². The second-order valence-corrected chi connectivity index (χ2v) is 3.49. The fraction of sp³-hybridized carbons (Fsp3) is 0.455. The third kappa shape index (κ3) is 2.73. The topological polar surface area (TPSA) is 49.7 Å². The summed E-state index contributed by atoms with van der Waals surface area (Å²) >= 11 is 0. The molecule has 0 aliphatic rings. The van der Waals surface area contributed by atoms with Gasteiger partial charge in [-0.05, 0) is 42.5 Å². The standard InChI is InChI=1S/C11H17BO3/c1-4-9-8(3)6-7-11(10(9)5-2)15-12(13)14/h6-7,13-14H,4-5H2,1-3H3. The van der Waals surface area contributed by atoms with Gasteiger partial charge in [0.2, 0.25) is 0 Å². The van der Waals surface area contributed by atoms with Gasteiger partial charge in [-0.2, -0.15) is 0 Å². The molecule has 0 bridgehead atoms. The van der Waals surface area contributed by atoms with Crippen LogP contribution in [0.2, 0.25) is 0 Å². The molecule has 0 radical (unpaired) electrons. The van der Waals surface area contributed by atoms with Crippen molar-refractivity contribution in [2.45, 2.75) is 33.6 Å². The van der Waals surface area contributed by atoms with Crippen LogP contribution in [0, 0.1) is 6.92 Å². The highest BCUT2D eigenvalue weighted by atomic mass is 16.6. The lowest BCUT2D eigenvalue weighted by molar-refractivity contribution is 0.287. The Morgan fingerprint density at radius 3 is 2.20 bits per heavy atom. The van der Waals surface area contributed by atoms with Crippen molar-refractivity contribution in [1.29, 1.82) is 0 Å². The molecule has 0 spiro atoms. The Kier molecular flexibility index (Phi) is 4.18. The van der Waals surface area contributed by atoms with Crippen LogP contribution in [0.15, 0.2) is 12.1 Å². The summed E-state index contributed by atoms with van der Waals surface area (Å²) in [6, 6.07) is 3.72. The van der Waals surface area contributed by atoms with Crippen molar-refractivity contribution in [3.8, 4) is 5.75 Å². The largest absolute Gasteiger partial charge is 0.707 e. The predicted octanol–water partition coefficient (Wildman–Crippen LogP) is 1.47. The van der Waals surface area contributed by atoms with Gasteiger partial charge in [0.25, 0.3) is 0 Å². The molecule has 0 fully saturated rings. The first kappa shape index (κ1) is 12.1. The van der Waals surface area contributed by atoms with Gasteiger partial charge in [0, 0.05) is 0 Å². The third-order valence-electron chi connectivity index (χ3n) is 2.56. The third-order valence-corrected chi connectivity index (χ3v) is 2.56. The second-order valence-electron chi connectivity index (χ2n) is 3.49. The lowest BCUT2D eigenvalue weighted by Crippen LogP contribution is -2.21. The molecule has 0 aromatic heterocycles. The number of benzene rings is 1. The number of hydrogen-bond acceptors (Lipinski definition) is 3. The molecular weight excluding hydrogens is 191 g/mol. The highest BCUT2D eigenvalue weighted by Gasteiger charge is 2.16. The van der Waals surface area contributed by atoms with E-state index in [0.29, 0.717) is 5.75 Å². The summed E-state index contributed by atoms with van der Waals surface area (Å²) in [7, 11) is -1.75. The first-order valence-corrected chi connectivity index (χ1v) is 5.24. The first-order valence-electron chi connectivity index (χ1n) is 5.24. The molecule has 3 nitrogen and oxygen atoms in total. The van der Waals surface area contributed by atoms with E-state index < -0.39 is 7.32 Å². The molecule has 4 heteroatoms. The summed E-state index contributed by atoms with van der Waals surface area (Å²) in [5.74, 6) is 0.565. The molecule has 1 aromatic rings. The molecule has 2 N–H and O–H groups in total. The Morgan fingerprint density at radius 2 is 1.73 bits per heavy atom. The molecule has 0 amide bonds. The molecule has 0 saturated heterocycles. The first-order chi connectivity index (χ1) is 7.10. The lowest BCUT2D eigenvalue weighted by Gasteiger charge is -2.15. The van der Waals surface area contributed by atoms with E-state index in [1.165, 1.54) is 11.1 Å². The van der Waals surface area contributed by atoms with Crippen molar-refractivity contribution in [3.05, 3.63) is 28.8 Å². The van der Waals surface area contributed by atoms with Crippen LogP contribution in [-0.2, 0) is 12.8 Å². The zero-order valence-electron chi connectivity index (χ0n) is 9.45. The number of aryl methyl sites for hydroxylation is 1. The van der Waals surface area contributed by atoms with Crippen LogP contribution in [0.1, 0.15) is 30.5 Å². The van der Waals surface area contributed by atoms with Crippen LogP contribution < -0.4 is 4.65 Å². The number of rotatable bonds is 4. The molecule has 0 heterocycles. The minimum absolute atomic E-state index is 0.565. The van der Waals surface area contributed by atoms with E-state index in [9.17, 15) is 0 Å². The maximum absolute atomic E-state index is 8.79. The van der Waals surface area contributed by atoms with E-state index in [2.05, 4.69) is 13.8 Å². The van der Waals surface area contributed by atoms with Crippen LogP contribution in [0.25, 0.3) is 0 Å².